The van der Waals surface area contributed by atoms with Gasteiger partial charge in [-0.1, -0.05) is 34.1 Å². The van der Waals surface area contributed by atoms with Crippen LogP contribution in [0.5, 0.6) is 0 Å². The molecule has 2 aromatic carbocycles. The van der Waals surface area contributed by atoms with Crippen LogP contribution in [0.25, 0.3) is 11.0 Å². The summed E-state index contributed by atoms with van der Waals surface area (Å²) in [6.07, 6.45) is 2.12. The molecule has 0 spiro atoms. The van der Waals surface area contributed by atoms with Crippen molar-refractivity contribution in [3.63, 3.8) is 0 Å². The molecule has 1 saturated heterocycles. The van der Waals surface area contributed by atoms with Gasteiger partial charge >= 0.3 is 0 Å². The van der Waals surface area contributed by atoms with Crippen LogP contribution in [-0.2, 0) is 11.3 Å². The number of benzene rings is 2. The molecule has 3 aromatic rings. The average molecular weight is 455 g/mol. The van der Waals surface area contributed by atoms with Crippen LogP contribution in [-0.4, -0.2) is 39.4 Å². The molecule has 1 N–H and O–H groups in total. The van der Waals surface area contributed by atoms with Gasteiger partial charge in [0.1, 0.15) is 12.4 Å². The standard InChI is InChI=1S/C22H23BrN4O2/c1-15(24-22(29)16-7-6-8-17(23)13-16)21-25-18-9-2-3-10-19(18)27(21)14-20(28)26-11-4-5-12-26/h2-3,6-10,13,15H,4-5,11-12,14H2,1H3,(H,24,29). The van der Waals surface area contributed by atoms with Crippen molar-refractivity contribution in [2.24, 2.45) is 0 Å². The Balaban J connectivity index is 1.61. The van der Waals surface area contributed by atoms with E-state index in [1.54, 1.807) is 12.1 Å². The Hall–Kier alpha value is -2.67. The Kier molecular flexibility index (Phi) is 5.67. The summed E-state index contributed by atoms with van der Waals surface area (Å²) in [5.41, 5.74) is 2.29. The SMILES string of the molecule is CC(NC(=O)c1cccc(Br)c1)c1nc2ccccc2n1CC(=O)N1CCCC1. The number of hydrogen-bond donors (Lipinski definition) is 1. The summed E-state index contributed by atoms with van der Waals surface area (Å²) in [5.74, 6) is 0.600. The lowest BCUT2D eigenvalue weighted by atomic mass is 10.2. The summed E-state index contributed by atoms with van der Waals surface area (Å²) in [7, 11) is 0. The van der Waals surface area contributed by atoms with Crippen molar-refractivity contribution in [2.45, 2.75) is 32.4 Å². The number of imidazole rings is 1. The summed E-state index contributed by atoms with van der Waals surface area (Å²) in [5, 5.41) is 3.02. The molecule has 2 amide bonds. The van der Waals surface area contributed by atoms with Crippen LogP contribution < -0.4 is 5.32 Å². The second-order valence-corrected chi connectivity index (χ2v) is 8.25. The van der Waals surface area contributed by atoms with Crippen LogP contribution in [0.2, 0.25) is 0 Å². The van der Waals surface area contributed by atoms with E-state index in [4.69, 9.17) is 4.98 Å². The van der Waals surface area contributed by atoms with E-state index < -0.39 is 0 Å². The van der Waals surface area contributed by atoms with Gasteiger partial charge in [0.2, 0.25) is 5.91 Å². The van der Waals surface area contributed by atoms with E-state index >= 15 is 0 Å². The summed E-state index contributed by atoms with van der Waals surface area (Å²) >= 11 is 3.40. The third-order valence-corrected chi connectivity index (χ3v) is 5.75. The van der Waals surface area contributed by atoms with Crippen LogP contribution in [0.3, 0.4) is 0 Å². The quantitative estimate of drug-likeness (QED) is 0.635. The maximum atomic E-state index is 12.8. The smallest absolute Gasteiger partial charge is 0.251 e. The molecule has 2 heterocycles. The second-order valence-electron chi connectivity index (χ2n) is 7.34. The van der Waals surface area contributed by atoms with Crippen molar-refractivity contribution >= 4 is 38.8 Å². The zero-order chi connectivity index (χ0) is 20.4. The summed E-state index contributed by atoms with van der Waals surface area (Å²) in [6.45, 7) is 3.76. The van der Waals surface area contributed by atoms with Gasteiger partial charge in [-0.15, -0.1) is 0 Å². The molecular formula is C22H23BrN4O2. The molecule has 1 aromatic heterocycles. The van der Waals surface area contributed by atoms with E-state index in [-0.39, 0.29) is 24.4 Å². The van der Waals surface area contributed by atoms with Crippen molar-refractivity contribution in [2.75, 3.05) is 13.1 Å². The fourth-order valence-electron chi connectivity index (χ4n) is 3.77. The van der Waals surface area contributed by atoms with Crippen molar-refractivity contribution in [1.82, 2.24) is 19.8 Å². The lowest BCUT2D eigenvalue weighted by Gasteiger charge is -2.19. The van der Waals surface area contributed by atoms with Gasteiger partial charge in [-0.2, -0.15) is 0 Å². The van der Waals surface area contributed by atoms with E-state index in [9.17, 15) is 9.59 Å². The molecule has 4 rings (SSSR count). The number of aromatic nitrogens is 2. The first-order valence-corrected chi connectivity index (χ1v) is 10.6. The zero-order valence-electron chi connectivity index (χ0n) is 16.3. The molecule has 0 aliphatic carbocycles. The molecule has 7 heteroatoms. The Bertz CT molecular complexity index is 1060. The number of hydrogen-bond acceptors (Lipinski definition) is 3. The van der Waals surface area contributed by atoms with Crippen molar-refractivity contribution in [3.8, 4) is 0 Å². The first-order chi connectivity index (χ1) is 14.0. The molecule has 6 nitrogen and oxygen atoms in total. The van der Waals surface area contributed by atoms with Crippen molar-refractivity contribution in [3.05, 3.63) is 64.4 Å². The monoisotopic (exact) mass is 454 g/mol. The van der Waals surface area contributed by atoms with Crippen LogP contribution in [0.1, 0.15) is 42.0 Å². The number of nitrogens with zero attached hydrogens (tertiary/aromatic N) is 3. The van der Waals surface area contributed by atoms with Crippen LogP contribution in [0.4, 0.5) is 0 Å². The summed E-state index contributed by atoms with van der Waals surface area (Å²) in [4.78, 5) is 32.1. The molecule has 1 fully saturated rings. The Morgan fingerprint density at radius 2 is 1.90 bits per heavy atom. The van der Waals surface area contributed by atoms with E-state index in [0.29, 0.717) is 11.4 Å². The molecule has 0 bridgehead atoms. The molecule has 1 atom stereocenters. The number of carbonyl (C=O) groups excluding carboxylic acids is 2. The highest BCUT2D eigenvalue weighted by Crippen LogP contribution is 2.22. The van der Waals surface area contributed by atoms with Crippen LogP contribution in [0, 0.1) is 0 Å². The van der Waals surface area contributed by atoms with E-state index in [0.717, 1.165) is 41.4 Å². The number of nitrogens with one attached hydrogen (secondary N) is 1. The highest BCUT2D eigenvalue weighted by Gasteiger charge is 2.23. The molecule has 0 saturated carbocycles. The first kappa shape index (κ1) is 19.6. The van der Waals surface area contributed by atoms with Gasteiger partial charge in [0.15, 0.2) is 0 Å². The maximum absolute atomic E-state index is 12.8. The Labute approximate surface area is 178 Å². The van der Waals surface area contributed by atoms with Crippen LogP contribution >= 0.6 is 15.9 Å². The number of para-hydroxylation sites is 2. The topological polar surface area (TPSA) is 67.2 Å². The third-order valence-electron chi connectivity index (χ3n) is 5.26. The number of carbonyl (C=O) groups is 2. The summed E-state index contributed by atoms with van der Waals surface area (Å²) in [6, 6.07) is 14.7. The molecule has 0 radical (unpaired) electrons. The molecule has 150 valence electrons. The van der Waals surface area contributed by atoms with Gasteiger partial charge in [0.25, 0.3) is 5.91 Å². The fourth-order valence-corrected chi connectivity index (χ4v) is 4.17. The minimum absolute atomic E-state index is 0.0948. The van der Waals surface area contributed by atoms with Gasteiger partial charge in [-0.05, 0) is 50.1 Å². The van der Waals surface area contributed by atoms with Crippen molar-refractivity contribution in [1.29, 1.82) is 0 Å². The normalized spacial score (nSPS) is 14.9. The number of likely N-dealkylation sites (tertiary alicyclic amines) is 1. The largest absolute Gasteiger partial charge is 0.342 e. The van der Waals surface area contributed by atoms with Gasteiger partial charge in [0, 0.05) is 23.1 Å². The summed E-state index contributed by atoms with van der Waals surface area (Å²) < 4.78 is 2.78. The Morgan fingerprint density at radius 1 is 1.14 bits per heavy atom. The van der Waals surface area contributed by atoms with E-state index in [2.05, 4.69) is 21.2 Å². The van der Waals surface area contributed by atoms with E-state index in [1.807, 2.05) is 52.8 Å². The minimum Gasteiger partial charge on any atom is -0.342 e. The lowest BCUT2D eigenvalue weighted by Crippen LogP contribution is -2.33. The van der Waals surface area contributed by atoms with Crippen molar-refractivity contribution < 1.29 is 9.59 Å². The molecule has 1 unspecified atom stereocenters. The molecule has 1 aliphatic heterocycles. The predicted octanol–water partition coefficient (Wildman–Crippen LogP) is 3.91. The van der Waals surface area contributed by atoms with Gasteiger partial charge in [-0.3, -0.25) is 9.59 Å². The maximum Gasteiger partial charge on any atom is 0.251 e. The number of amides is 2. The third kappa shape index (κ3) is 4.19. The minimum atomic E-state index is -0.347. The molecular weight excluding hydrogens is 432 g/mol. The zero-order valence-corrected chi connectivity index (χ0v) is 17.9. The fraction of sp³-hybridized carbons (Fsp3) is 0.318. The predicted molar refractivity (Wildman–Crippen MR) is 116 cm³/mol. The molecule has 29 heavy (non-hydrogen) atoms. The van der Waals surface area contributed by atoms with Gasteiger partial charge in [-0.25, -0.2) is 4.98 Å². The second kappa shape index (κ2) is 8.37. The lowest BCUT2D eigenvalue weighted by molar-refractivity contribution is -0.130. The average Bonchev–Trinajstić information content (AvgIpc) is 3.37. The highest BCUT2D eigenvalue weighted by atomic mass is 79.9. The highest BCUT2D eigenvalue weighted by molar-refractivity contribution is 9.10. The molecule has 1 aliphatic rings. The van der Waals surface area contributed by atoms with Gasteiger partial charge in [0.05, 0.1) is 17.1 Å². The van der Waals surface area contributed by atoms with Gasteiger partial charge < -0.3 is 14.8 Å². The number of halogens is 1. The van der Waals surface area contributed by atoms with Crippen LogP contribution in [0.15, 0.2) is 53.0 Å². The number of rotatable bonds is 5. The van der Waals surface area contributed by atoms with E-state index in [1.165, 1.54) is 0 Å². The Morgan fingerprint density at radius 3 is 2.66 bits per heavy atom. The first-order valence-electron chi connectivity index (χ1n) is 9.82. The number of fused-ring (bicyclic) bond motifs is 1.